The van der Waals surface area contributed by atoms with Crippen molar-refractivity contribution in [3.05, 3.63) is 135 Å². The van der Waals surface area contributed by atoms with Gasteiger partial charge in [0.1, 0.15) is 0 Å². The predicted molar refractivity (Wildman–Crippen MR) is 153 cm³/mol. The average molecular weight is 739 g/mol. The Kier molecular flexibility index (Phi) is 12.1. The topological polar surface area (TPSA) is 0 Å². The second-order valence-electron chi connectivity index (χ2n) is 6.82. The van der Waals surface area contributed by atoms with Crippen molar-refractivity contribution in [3.8, 4) is 0 Å². The molecule has 0 saturated heterocycles. The van der Waals surface area contributed by atoms with Crippen LogP contribution in [0.2, 0.25) is 0 Å². The molecule has 0 saturated carbocycles. The summed E-state index contributed by atoms with van der Waals surface area (Å²) in [4.78, 5) is 0. The van der Waals surface area contributed by atoms with E-state index >= 15 is 0 Å². The number of halogens is 1. The third kappa shape index (κ3) is 7.73. The van der Waals surface area contributed by atoms with Gasteiger partial charge in [0.2, 0.25) is 0 Å². The third-order valence-electron chi connectivity index (χ3n) is 4.69. The van der Waals surface area contributed by atoms with E-state index in [0.717, 1.165) is 0 Å². The fourth-order valence-corrected chi connectivity index (χ4v) is 7.65. The summed E-state index contributed by atoms with van der Waals surface area (Å²) in [7, 11) is 0. The number of hydrogen-bond acceptors (Lipinski definition) is 2. The van der Waals surface area contributed by atoms with Crippen LogP contribution >= 0.6 is 25.1 Å². The zero-order chi connectivity index (χ0) is 23.5. The predicted octanol–water partition coefficient (Wildman–Crippen LogP) is 6.66. The molecule has 0 bridgehead atoms. The first-order valence-electron chi connectivity index (χ1n) is 9.65. The zero-order valence-corrected chi connectivity index (χ0v) is 24.5. The van der Waals surface area contributed by atoms with Gasteiger partial charge in [-0.25, -0.2) is 0 Å². The summed E-state index contributed by atoms with van der Waals surface area (Å²) in [5, 5.41) is 4.69. The molecule has 0 nitrogen and oxygen atoms in total. The van der Waals surface area contributed by atoms with Gasteiger partial charge in [-0.3, -0.25) is 13.3 Å². The first-order valence-corrected chi connectivity index (χ1v) is 20.4. The monoisotopic (exact) mass is 738 g/mol. The molecule has 6 heteroatoms. The standard InChI is InChI=1S/2C13H12PS.Au.BrH/c2*1-14(15,12-8-4-2-5-9-12)13-10-6-3-7-11-13;;/h2*2-11H,1H2;;1H/q2*-1;+1;/p-1. The van der Waals surface area contributed by atoms with Crippen LogP contribution < -0.4 is 21.2 Å². The Hall–Kier alpha value is -0.600. The maximum atomic E-state index is 5.68. The number of rotatable bonds is 4. The molecule has 0 N–H and O–H groups in total. The molecule has 0 radical (unpaired) electrons. The van der Waals surface area contributed by atoms with Gasteiger partial charge in [-0.15, -0.1) is 35.7 Å². The smallest absolute Gasteiger partial charge is 0.0391 e. The van der Waals surface area contributed by atoms with Gasteiger partial charge in [0.15, 0.2) is 0 Å². The molecule has 0 spiro atoms. The van der Waals surface area contributed by atoms with Crippen molar-refractivity contribution in [1.82, 2.24) is 0 Å². The first kappa shape index (κ1) is 27.6. The molecule has 32 heavy (non-hydrogen) atoms. The molecule has 0 aliphatic rings. The van der Waals surface area contributed by atoms with Crippen LogP contribution in [0.15, 0.2) is 121 Å². The van der Waals surface area contributed by atoms with Crippen LogP contribution in [0.1, 0.15) is 0 Å². The maximum absolute atomic E-state index is 5.68. The van der Waals surface area contributed by atoms with E-state index in [4.69, 9.17) is 23.6 Å². The van der Waals surface area contributed by atoms with Gasteiger partial charge in [0.25, 0.3) is 0 Å². The molecule has 170 valence electrons. The molecule has 0 aliphatic heterocycles. The molecule has 4 aromatic rings. The second kappa shape index (κ2) is 14.0. The fourth-order valence-electron chi connectivity index (χ4n) is 2.97. The minimum absolute atomic E-state index is 1.17. The Morgan fingerprint density at radius 2 is 0.594 bits per heavy atom. The van der Waals surface area contributed by atoms with Crippen LogP contribution in [0, 0.1) is 13.3 Å². The molecule has 0 fully saturated rings. The minimum Gasteiger partial charge on any atom is -0.297 e. The van der Waals surface area contributed by atoms with Crippen LogP contribution in [-0.4, -0.2) is 0 Å². The van der Waals surface area contributed by atoms with Crippen LogP contribution in [0.5, 0.6) is 0 Å². The molecule has 0 aliphatic carbocycles. The summed E-state index contributed by atoms with van der Waals surface area (Å²) >= 11 is 16.3. The van der Waals surface area contributed by atoms with Crippen molar-refractivity contribution >= 4 is 69.9 Å². The van der Waals surface area contributed by atoms with E-state index < -0.39 is 12.1 Å². The Morgan fingerprint density at radius 1 is 0.438 bits per heavy atom. The van der Waals surface area contributed by atoms with E-state index in [1.54, 1.807) is 0 Å². The SMILES string of the molecule is [Br][Au].[CH2-]P(=S)(c1ccccc1)c1ccccc1.[CH2-]P(=S)(c1ccccc1)c1ccccc1. The second-order valence-corrected chi connectivity index (χ2v) is 15.6. The van der Waals surface area contributed by atoms with E-state index in [-0.39, 0.29) is 0 Å². The van der Waals surface area contributed by atoms with Crippen LogP contribution in [0.25, 0.3) is 0 Å². The van der Waals surface area contributed by atoms with Crippen LogP contribution in [0.4, 0.5) is 0 Å². The minimum atomic E-state index is -1.81. The van der Waals surface area contributed by atoms with Crippen molar-refractivity contribution < 1.29 is 18.9 Å². The first-order chi connectivity index (χ1) is 15.4. The molecular formula is C26H24AuBrP2S2-2. The van der Waals surface area contributed by atoms with E-state index in [2.05, 4.69) is 93.8 Å². The van der Waals surface area contributed by atoms with Crippen LogP contribution in [-0.2, 0) is 42.5 Å². The Morgan fingerprint density at radius 3 is 0.750 bits per heavy atom. The van der Waals surface area contributed by atoms with Crippen molar-refractivity contribution in [1.29, 1.82) is 0 Å². The molecule has 0 aromatic heterocycles. The molecule has 0 unspecified atom stereocenters. The van der Waals surface area contributed by atoms with E-state index in [9.17, 15) is 0 Å². The molecule has 0 amide bonds. The van der Waals surface area contributed by atoms with E-state index in [0.29, 0.717) is 0 Å². The maximum Gasteiger partial charge on any atom is -0.0391 e. The van der Waals surface area contributed by atoms with Gasteiger partial charge >= 0.3 is 32.0 Å². The fraction of sp³-hybridized carbons (Fsp3) is 0. The number of benzene rings is 4. The third-order valence-corrected chi connectivity index (χ3v) is 11.8. The van der Waals surface area contributed by atoms with Gasteiger partial charge in [-0.2, -0.15) is 0 Å². The summed E-state index contributed by atoms with van der Waals surface area (Å²) < 4.78 is 0. The van der Waals surface area contributed by atoms with Crippen molar-refractivity contribution in [2.45, 2.75) is 0 Å². The average Bonchev–Trinajstić information content (AvgIpc) is 2.88. The van der Waals surface area contributed by atoms with Crippen molar-refractivity contribution in [2.24, 2.45) is 0 Å². The Balaban J connectivity index is 0.000000211. The van der Waals surface area contributed by atoms with Crippen molar-refractivity contribution in [3.63, 3.8) is 0 Å². The molecule has 4 aromatic carbocycles. The molecule has 0 atom stereocenters. The van der Waals surface area contributed by atoms with Gasteiger partial charge in [0, 0.05) is 0 Å². The van der Waals surface area contributed by atoms with E-state index in [1.807, 2.05) is 72.8 Å². The van der Waals surface area contributed by atoms with E-state index in [1.165, 1.54) is 21.2 Å². The summed E-state index contributed by atoms with van der Waals surface area (Å²) in [5.41, 5.74) is 0. The van der Waals surface area contributed by atoms with Gasteiger partial charge < -0.3 is 0 Å². The van der Waals surface area contributed by atoms with Crippen LogP contribution in [0.3, 0.4) is 0 Å². The Bertz CT molecular complexity index is 974. The normalized spacial score (nSPS) is 10.8. The molecular weight excluding hydrogens is 715 g/mol. The summed E-state index contributed by atoms with van der Waals surface area (Å²) in [6.45, 7) is 8.47. The summed E-state index contributed by atoms with van der Waals surface area (Å²) in [6.07, 6.45) is 0. The van der Waals surface area contributed by atoms with Gasteiger partial charge in [0.05, 0.1) is 0 Å². The molecule has 0 heterocycles. The Labute approximate surface area is 221 Å². The van der Waals surface area contributed by atoms with Gasteiger partial charge in [-0.1, -0.05) is 121 Å². The van der Waals surface area contributed by atoms with Gasteiger partial charge in [-0.05, 0) is 21.2 Å². The largest absolute Gasteiger partial charge is 0.297 e. The zero-order valence-electron chi connectivity index (χ0n) is 17.4. The quantitative estimate of drug-likeness (QED) is 0.131. The van der Waals surface area contributed by atoms with Crippen molar-refractivity contribution in [2.75, 3.05) is 0 Å². The number of hydrogen-bond donors (Lipinski definition) is 0. The summed E-state index contributed by atoms with van der Waals surface area (Å²) in [5.74, 6) is 0. The molecule has 4 rings (SSSR count). The summed E-state index contributed by atoms with van der Waals surface area (Å²) in [6, 6.07) is 37.1.